The van der Waals surface area contributed by atoms with Gasteiger partial charge in [-0.05, 0) is 46.7 Å². The topological polar surface area (TPSA) is 25.2 Å². The smallest absolute Gasteiger partial charge is 0.125 e. The zero-order valence-electron chi connectivity index (χ0n) is 8.71. The molecule has 0 aliphatic heterocycles. The van der Waals surface area contributed by atoms with Gasteiger partial charge in [-0.15, -0.1) is 0 Å². The Balaban J connectivity index is 2.45. The Morgan fingerprint density at radius 3 is 2.75 bits per heavy atom. The van der Waals surface area contributed by atoms with Crippen LogP contribution in [0.25, 0.3) is 0 Å². The van der Waals surface area contributed by atoms with Crippen LogP contribution in [0.1, 0.15) is 17.4 Å². The van der Waals surface area contributed by atoms with Gasteiger partial charge in [0.05, 0.1) is 17.3 Å². The highest BCUT2D eigenvalue weighted by Crippen LogP contribution is 2.33. The van der Waals surface area contributed by atoms with Gasteiger partial charge in [0, 0.05) is 4.47 Å². The maximum Gasteiger partial charge on any atom is 0.125 e. The van der Waals surface area contributed by atoms with E-state index in [1.54, 1.807) is 6.26 Å². The van der Waals surface area contributed by atoms with Crippen molar-refractivity contribution in [3.63, 3.8) is 0 Å². The van der Waals surface area contributed by atoms with Crippen molar-refractivity contribution in [2.45, 2.75) is 6.04 Å². The standard InChI is InChI=1S/C12H11BrClNO/c1-15-12(10-6-3-7-16-10)8-4-2-5-9(13)11(8)14/h2-7,12,15H,1H3. The van der Waals surface area contributed by atoms with Crippen molar-refractivity contribution in [1.82, 2.24) is 5.32 Å². The Labute approximate surface area is 108 Å². The highest BCUT2D eigenvalue weighted by molar-refractivity contribution is 9.10. The van der Waals surface area contributed by atoms with Crippen molar-refractivity contribution in [2.75, 3.05) is 7.05 Å². The average molecular weight is 301 g/mol. The highest BCUT2D eigenvalue weighted by Gasteiger charge is 2.18. The predicted molar refractivity (Wildman–Crippen MR) is 68.8 cm³/mol. The number of benzene rings is 1. The summed E-state index contributed by atoms with van der Waals surface area (Å²) in [7, 11) is 1.88. The van der Waals surface area contributed by atoms with Crippen LogP contribution in [0, 0.1) is 0 Å². The summed E-state index contributed by atoms with van der Waals surface area (Å²) in [5, 5.41) is 3.90. The van der Waals surface area contributed by atoms with Crippen LogP contribution in [0.4, 0.5) is 0 Å². The lowest BCUT2D eigenvalue weighted by molar-refractivity contribution is 0.463. The second-order valence-electron chi connectivity index (χ2n) is 3.38. The lowest BCUT2D eigenvalue weighted by Gasteiger charge is -2.16. The van der Waals surface area contributed by atoms with Crippen molar-refractivity contribution in [2.24, 2.45) is 0 Å². The van der Waals surface area contributed by atoms with Gasteiger partial charge < -0.3 is 9.73 Å². The Hall–Kier alpha value is -0.770. The fourth-order valence-corrected chi connectivity index (χ4v) is 2.27. The van der Waals surface area contributed by atoms with E-state index in [2.05, 4.69) is 21.2 Å². The third-order valence-electron chi connectivity index (χ3n) is 2.41. The molecule has 2 rings (SSSR count). The minimum absolute atomic E-state index is 0.0278. The second kappa shape index (κ2) is 5.04. The van der Waals surface area contributed by atoms with Crippen LogP contribution in [0.2, 0.25) is 5.02 Å². The molecule has 16 heavy (non-hydrogen) atoms. The second-order valence-corrected chi connectivity index (χ2v) is 4.61. The van der Waals surface area contributed by atoms with Gasteiger partial charge in [0.1, 0.15) is 5.76 Å². The summed E-state index contributed by atoms with van der Waals surface area (Å²) in [4.78, 5) is 0. The maximum absolute atomic E-state index is 6.26. The van der Waals surface area contributed by atoms with Crippen LogP contribution >= 0.6 is 27.5 Å². The number of halogens is 2. The Bertz CT molecular complexity index is 470. The molecule has 0 fully saturated rings. The molecular weight excluding hydrogens is 289 g/mol. The molecule has 84 valence electrons. The highest BCUT2D eigenvalue weighted by atomic mass is 79.9. The van der Waals surface area contributed by atoms with E-state index in [-0.39, 0.29) is 6.04 Å². The van der Waals surface area contributed by atoms with Gasteiger partial charge >= 0.3 is 0 Å². The number of hydrogen-bond donors (Lipinski definition) is 1. The molecule has 0 saturated heterocycles. The molecule has 1 N–H and O–H groups in total. The van der Waals surface area contributed by atoms with Gasteiger partial charge in [-0.1, -0.05) is 23.7 Å². The van der Waals surface area contributed by atoms with Crippen molar-refractivity contribution < 1.29 is 4.42 Å². The molecule has 0 bridgehead atoms. The normalized spacial score (nSPS) is 12.7. The molecule has 0 radical (unpaired) electrons. The molecule has 0 amide bonds. The summed E-state index contributed by atoms with van der Waals surface area (Å²) in [6, 6.07) is 9.63. The quantitative estimate of drug-likeness (QED) is 0.926. The summed E-state index contributed by atoms with van der Waals surface area (Å²) in [5.74, 6) is 0.850. The number of nitrogens with one attached hydrogen (secondary N) is 1. The summed E-state index contributed by atoms with van der Waals surface area (Å²) in [5.41, 5.74) is 0.994. The summed E-state index contributed by atoms with van der Waals surface area (Å²) in [6.45, 7) is 0. The molecule has 1 aromatic heterocycles. The summed E-state index contributed by atoms with van der Waals surface area (Å²) in [6.07, 6.45) is 1.66. The van der Waals surface area contributed by atoms with E-state index < -0.39 is 0 Å². The first kappa shape index (κ1) is 11.7. The van der Waals surface area contributed by atoms with E-state index in [9.17, 15) is 0 Å². The van der Waals surface area contributed by atoms with Gasteiger partial charge in [0.25, 0.3) is 0 Å². The predicted octanol–water partition coefficient (Wildman–Crippen LogP) is 4.00. The van der Waals surface area contributed by atoms with Crippen molar-refractivity contribution in [3.05, 3.63) is 57.4 Å². The van der Waals surface area contributed by atoms with Gasteiger partial charge in [-0.2, -0.15) is 0 Å². The van der Waals surface area contributed by atoms with Crippen LogP contribution in [0.3, 0.4) is 0 Å². The molecule has 0 saturated carbocycles. The van der Waals surface area contributed by atoms with Gasteiger partial charge in [-0.25, -0.2) is 0 Å². The first-order valence-electron chi connectivity index (χ1n) is 4.88. The zero-order valence-corrected chi connectivity index (χ0v) is 11.0. The van der Waals surface area contributed by atoms with Gasteiger partial charge in [0.2, 0.25) is 0 Å². The number of rotatable bonds is 3. The SMILES string of the molecule is CNC(c1ccco1)c1cccc(Br)c1Cl. The van der Waals surface area contributed by atoms with E-state index in [1.807, 2.05) is 37.4 Å². The molecule has 1 aromatic carbocycles. The molecule has 2 nitrogen and oxygen atoms in total. The van der Waals surface area contributed by atoms with E-state index >= 15 is 0 Å². The fraction of sp³-hybridized carbons (Fsp3) is 0.167. The van der Waals surface area contributed by atoms with Crippen LogP contribution in [0.15, 0.2) is 45.5 Å². The van der Waals surface area contributed by atoms with E-state index in [0.717, 1.165) is 15.8 Å². The molecule has 2 aromatic rings. The van der Waals surface area contributed by atoms with Crippen LogP contribution in [-0.4, -0.2) is 7.05 Å². The molecule has 0 aliphatic carbocycles. The van der Waals surface area contributed by atoms with Crippen molar-refractivity contribution in [3.8, 4) is 0 Å². The van der Waals surface area contributed by atoms with Gasteiger partial charge in [-0.3, -0.25) is 0 Å². The first-order chi connectivity index (χ1) is 7.74. The monoisotopic (exact) mass is 299 g/mol. The van der Waals surface area contributed by atoms with Crippen molar-refractivity contribution >= 4 is 27.5 Å². The van der Waals surface area contributed by atoms with Crippen LogP contribution < -0.4 is 5.32 Å². The minimum atomic E-state index is -0.0278. The molecule has 1 atom stereocenters. The van der Waals surface area contributed by atoms with Crippen molar-refractivity contribution in [1.29, 1.82) is 0 Å². The third kappa shape index (κ3) is 2.17. The fourth-order valence-electron chi connectivity index (χ4n) is 1.65. The molecule has 0 spiro atoms. The number of hydrogen-bond acceptors (Lipinski definition) is 2. The average Bonchev–Trinajstić information content (AvgIpc) is 2.79. The maximum atomic E-state index is 6.26. The number of furan rings is 1. The first-order valence-corrected chi connectivity index (χ1v) is 6.05. The molecule has 1 unspecified atom stereocenters. The lowest BCUT2D eigenvalue weighted by atomic mass is 10.0. The Morgan fingerprint density at radius 2 is 2.12 bits per heavy atom. The molecular formula is C12H11BrClNO. The minimum Gasteiger partial charge on any atom is -0.467 e. The largest absolute Gasteiger partial charge is 0.467 e. The molecule has 1 heterocycles. The van der Waals surface area contributed by atoms with Gasteiger partial charge in [0.15, 0.2) is 0 Å². The molecule has 0 aliphatic rings. The molecule has 4 heteroatoms. The summed E-state index contributed by atoms with van der Waals surface area (Å²) >= 11 is 9.67. The summed E-state index contributed by atoms with van der Waals surface area (Å²) < 4.78 is 6.29. The van der Waals surface area contributed by atoms with E-state index in [1.165, 1.54) is 0 Å². The zero-order chi connectivity index (χ0) is 11.5. The Kier molecular flexibility index (Phi) is 3.69. The Morgan fingerprint density at radius 1 is 1.31 bits per heavy atom. The van der Waals surface area contributed by atoms with Crippen LogP contribution in [-0.2, 0) is 0 Å². The van der Waals surface area contributed by atoms with Crippen LogP contribution in [0.5, 0.6) is 0 Å². The van der Waals surface area contributed by atoms with E-state index in [4.69, 9.17) is 16.0 Å². The van der Waals surface area contributed by atoms with E-state index in [0.29, 0.717) is 5.02 Å². The lowest BCUT2D eigenvalue weighted by Crippen LogP contribution is -2.17. The third-order valence-corrected chi connectivity index (χ3v) is 3.72.